The summed E-state index contributed by atoms with van der Waals surface area (Å²) in [6.07, 6.45) is 3.95. The molecule has 1 unspecified atom stereocenters. The minimum atomic E-state index is -0.133. The molecule has 5 heteroatoms. The van der Waals surface area contributed by atoms with Crippen molar-refractivity contribution in [1.82, 2.24) is 15.3 Å². The number of halogens is 1. The molecule has 0 bridgehead atoms. The van der Waals surface area contributed by atoms with Gasteiger partial charge in [0.2, 0.25) is 0 Å². The number of rotatable bonds is 4. The first-order valence-corrected chi connectivity index (χ1v) is 7.53. The highest BCUT2D eigenvalue weighted by Gasteiger charge is 2.26. The maximum absolute atomic E-state index is 12.6. The number of amides is 1. The number of nitrogens with one attached hydrogen (secondary N) is 1. The van der Waals surface area contributed by atoms with E-state index in [0.717, 1.165) is 11.9 Å². The fourth-order valence-electron chi connectivity index (χ4n) is 2.24. The van der Waals surface area contributed by atoms with Gasteiger partial charge < -0.3 is 5.32 Å². The number of para-hydroxylation sites is 1. The first-order chi connectivity index (χ1) is 9.93. The van der Waals surface area contributed by atoms with Crippen LogP contribution in [0.15, 0.2) is 30.6 Å². The van der Waals surface area contributed by atoms with E-state index in [-0.39, 0.29) is 17.4 Å². The Balaban J connectivity index is 2.30. The normalized spacial score (nSPS) is 13.1. The summed E-state index contributed by atoms with van der Waals surface area (Å²) in [4.78, 5) is 21.1. The second-order valence-electron chi connectivity index (χ2n) is 6.10. The highest BCUT2D eigenvalue weighted by Crippen LogP contribution is 2.23. The van der Waals surface area contributed by atoms with E-state index in [4.69, 9.17) is 11.6 Å². The summed E-state index contributed by atoms with van der Waals surface area (Å²) >= 11 is 5.85. The molecule has 0 saturated carbocycles. The molecule has 1 aromatic carbocycles. The summed E-state index contributed by atoms with van der Waals surface area (Å²) in [6.45, 7) is 6.27. The molecule has 1 aromatic heterocycles. The number of benzene rings is 1. The van der Waals surface area contributed by atoms with E-state index in [1.165, 1.54) is 0 Å². The molecule has 0 aliphatic carbocycles. The lowest BCUT2D eigenvalue weighted by molar-refractivity contribution is 0.0902. The van der Waals surface area contributed by atoms with Crippen LogP contribution in [0.25, 0.3) is 11.0 Å². The number of carbonyl (C=O) groups excluding carboxylic acids is 1. The third kappa shape index (κ3) is 3.70. The van der Waals surface area contributed by atoms with E-state index in [2.05, 4.69) is 36.1 Å². The van der Waals surface area contributed by atoms with Gasteiger partial charge in [0, 0.05) is 24.3 Å². The number of fused-ring (bicyclic) bond motifs is 1. The Bertz CT molecular complexity index is 631. The van der Waals surface area contributed by atoms with Crippen LogP contribution in [0.5, 0.6) is 0 Å². The SMILES string of the molecule is CC(C)(C)C(CCCl)NC(=O)c1cccc2nccnc12. The Morgan fingerprint density at radius 3 is 2.67 bits per heavy atom. The van der Waals surface area contributed by atoms with Crippen molar-refractivity contribution in [1.29, 1.82) is 0 Å². The van der Waals surface area contributed by atoms with Crippen LogP contribution in [0.3, 0.4) is 0 Å². The fraction of sp³-hybridized carbons (Fsp3) is 0.438. The van der Waals surface area contributed by atoms with Crippen LogP contribution in [0.1, 0.15) is 37.6 Å². The molecule has 1 amide bonds. The van der Waals surface area contributed by atoms with Gasteiger partial charge in [0.15, 0.2) is 0 Å². The fourth-order valence-corrected chi connectivity index (χ4v) is 2.46. The van der Waals surface area contributed by atoms with E-state index in [9.17, 15) is 4.79 Å². The highest BCUT2D eigenvalue weighted by atomic mass is 35.5. The van der Waals surface area contributed by atoms with E-state index in [1.54, 1.807) is 18.5 Å². The lowest BCUT2D eigenvalue weighted by Crippen LogP contribution is -2.44. The Morgan fingerprint density at radius 2 is 2.00 bits per heavy atom. The van der Waals surface area contributed by atoms with Gasteiger partial charge in [-0.05, 0) is 24.0 Å². The van der Waals surface area contributed by atoms with Crippen LogP contribution < -0.4 is 5.32 Å². The van der Waals surface area contributed by atoms with Crippen molar-refractivity contribution in [3.8, 4) is 0 Å². The standard InChI is InChI=1S/C16H20ClN3O/c1-16(2,3)13(7-8-17)20-15(21)11-5-4-6-12-14(11)19-10-9-18-12/h4-6,9-10,13H,7-8H2,1-3H3,(H,20,21). The molecule has 0 radical (unpaired) electrons. The molecule has 21 heavy (non-hydrogen) atoms. The van der Waals surface area contributed by atoms with E-state index in [0.29, 0.717) is 17.0 Å². The summed E-state index contributed by atoms with van der Waals surface area (Å²) in [5.74, 6) is 0.378. The first kappa shape index (κ1) is 15.7. The molecule has 4 nitrogen and oxygen atoms in total. The van der Waals surface area contributed by atoms with Gasteiger partial charge in [-0.2, -0.15) is 0 Å². The summed E-state index contributed by atoms with van der Waals surface area (Å²) in [5, 5.41) is 3.08. The lowest BCUT2D eigenvalue weighted by Gasteiger charge is -2.31. The smallest absolute Gasteiger partial charge is 0.253 e. The molecular formula is C16H20ClN3O. The number of aromatic nitrogens is 2. The van der Waals surface area contributed by atoms with E-state index >= 15 is 0 Å². The van der Waals surface area contributed by atoms with Crippen LogP contribution >= 0.6 is 11.6 Å². The number of carbonyl (C=O) groups is 1. The topological polar surface area (TPSA) is 54.9 Å². The van der Waals surface area contributed by atoms with Gasteiger partial charge in [0.05, 0.1) is 11.1 Å². The minimum Gasteiger partial charge on any atom is -0.349 e. The second-order valence-corrected chi connectivity index (χ2v) is 6.48. The van der Waals surface area contributed by atoms with Gasteiger partial charge in [-0.3, -0.25) is 14.8 Å². The van der Waals surface area contributed by atoms with Gasteiger partial charge in [-0.1, -0.05) is 26.8 Å². The molecule has 0 spiro atoms. The maximum atomic E-state index is 12.6. The Morgan fingerprint density at radius 1 is 1.29 bits per heavy atom. The summed E-state index contributed by atoms with van der Waals surface area (Å²) in [6, 6.07) is 5.44. The Kier molecular flexibility index (Phi) is 4.78. The molecule has 0 aliphatic heterocycles. The zero-order chi connectivity index (χ0) is 15.5. The Hall–Kier alpha value is -1.68. The van der Waals surface area contributed by atoms with Crippen molar-refractivity contribution < 1.29 is 4.79 Å². The monoisotopic (exact) mass is 305 g/mol. The van der Waals surface area contributed by atoms with Crippen LogP contribution in [0, 0.1) is 5.41 Å². The van der Waals surface area contributed by atoms with Gasteiger partial charge in [-0.15, -0.1) is 11.6 Å². The molecule has 1 heterocycles. The summed E-state index contributed by atoms with van der Waals surface area (Å²) < 4.78 is 0. The largest absolute Gasteiger partial charge is 0.349 e. The first-order valence-electron chi connectivity index (χ1n) is 7.00. The van der Waals surface area contributed by atoms with Crippen molar-refractivity contribution in [3.05, 3.63) is 36.2 Å². The summed E-state index contributed by atoms with van der Waals surface area (Å²) in [5.41, 5.74) is 1.83. The van der Waals surface area contributed by atoms with Gasteiger partial charge in [0.1, 0.15) is 5.52 Å². The van der Waals surface area contributed by atoms with Crippen molar-refractivity contribution in [2.45, 2.75) is 33.2 Å². The molecule has 0 saturated heterocycles. The molecule has 1 atom stereocenters. The Labute approximate surface area is 129 Å². The predicted octanol–water partition coefficient (Wildman–Crippen LogP) is 3.40. The molecule has 112 valence electrons. The average molecular weight is 306 g/mol. The average Bonchev–Trinajstić information content (AvgIpc) is 2.45. The number of hydrogen-bond acceptors (Lipinski definition) is 3. The molecule has 0 aliphatic rings. The van der Waals surface area contributed by atoms with Crippen LogP contribution in [-0.2, 0) is 0 Å². The summed E-state index contributed by atoms with van der Waals surface area (Å²) in [7, 11) is 0. The second kappa shape index (κ2) is 6.39. The van der Waals surface area contributed by atoms with Crippen molar-refractivity contribution in [2.24, 2.45) is 5.41 Å². The quantitative estimate of drug-likeness (QED) is 0.881. The van der Waals surface area contributed by atoms with Crippen LogP contribution in [0.4, 0.5) is 0 Å². The molecule has 2 rings (SSSR count). The van der Waals surface area contributed by atoms with E-state index < -0.39 is 0 Å². The zero-order valence-corrected chi connectivity index (χ0v) is 13.3. The van der Waals surface area contributed by atoms with E-state index in [1.807, 2.05) is 12.1 Å². The van der Waals surface area contributed by atoms with Crippen molar-refractivity contribution in [3.63, 3.8) is 0 Å². The number of nitrogens with zero attached hydrogens (tertiary/aromatic N) is 2. The van der Waals surface area contributed by atoms with Gasteiger partial charge >= 0.3 is 0 Å². The minimum absolute atomic E-state index is 0.00873. The third-order valence-electron chi connectivity index (χ3n) is 3.49. The predicted molar refractivity (Wildman–Crippen MR) is 85.6 cm³/mol. The van der Waals surface area contributed by atoms with Gasteiger partial charge in [0.25, 0.3) is 5.91 Å². The molecule has 2 aromatic rings. The lowest BCUT2D eigenvalue weighted by atomic mass is 9.85. The molecular weight excluding hydrogens is 286 g/mol. The van der Waals surface area contributed by atoms with Crippen LogP contribution in [0.2, 0.25) is 0 Å². The van der Waals surface area contributed by atoms with Crippen molar-refractivity contribution >= 4 is 28.5 Å². The zero-order valence-electron chi connectivity index (χ0n) is 12.6. The molecule has 1 N–H and O–H groups in total. The number of alkyl halides is 1. The maximum Gasteiger partial charge on any atom is 0.253 e. The van der Waals surface area contributed by atoms with Crippen LogP contribution in [-0.4, -0.2) is 27.8 Å². The molecule has 0 fully saturated rings. The third-order valence-corrected chi connectivity index (χ3v) is 3.71. The van der Waals surface area contributed by atoms with Crippen molar-refractivity contribution in [2.75, 3.05) is 5.88 Å². The van der Waals surface area contributed by atoms with Gasteiger partial charge in [-0.25, -0.2) is 0 Å². The number of hydrogen-bond donors (Lipinski definition) is 1. The highest BCUT2D eigenvalue weighted by molar-refractivity contribution is 6.17.